The SMILES string of the molecule is CO[C@@H]1[C@@H](n2cc(-c3cc(F)cc(Cl)c3)nn2)[C@@H](O)[C@@H](CO)O[C@H]1C(=O)N(c1cc(C)cc(C#N)c1)[C@H]1CCCC[C@@H]1O. The van der Waals surface area contributed by atoms with Gasteiger partial charge in [0.15, 0.2) is 6.10 Å². The number of carbonyl (C=O) groups is 1. The first-order chi connectivity index (χ1) is 20.6. The van der Waals surface area contributed by atoms with Crippen LogP contribution in [0.3, 0.4) is 0 Å². The Hall–Kier alpha value is -3.44. The van der Waals surface area contributed by atoms with Gasteiger partial charge in [-0.2, -0.15) is 5.26 Å². The Morgan fingerprint density at radius 1 is 1.23 bits per heavy atom. The van der Waals surface area contributed by atoms with Gasteiger partial charge in [-0.3, -0.25) is 4.79 Å². The van der Waals surface area contributed by atoms with Crippen LogP contribution in [0.1, 0.15) is 42.9 Å². The van der Waals surface area contributed by atoms with Crippen LogP contribution in [0.2, 0.25) is 5.02 Å². The molecule has 1 aliphatic heterocycles. The summed E-state index contributed by atoms with van der Waals surface area (Å²) in [6, 6.07) is 9.40. The first-order valence-electron chi connectivity index (χ1n) is 14.0. The van der Waals surface area contributed by atoms with E-state index >= 15 is 0 Å². The fraction of sp³-hybridized carbons (Fsp3) is 0.467. The quantitative estimate of drug-likeness (QED) is 0.365. The fourth-order valence-electron chi connectivity index (χ4n) is 6.09. The van der Waals surface area contributed by atoms with Crippen molar-refractivity contribution in [1.82, 2.24) is 15.0 Å². The number of hydrogen-bond acceptors (Lipinski definition) is 9. The molecule has 2 aromatic carbocycles. The number of rotatable bonds is 7. The van der Waals surface area contributed by atoms with E-state index in [0.29, 0.717) is 29.7 Å². The van der Waals surface area contributed by atoms with Gasteiger partial charge in [-0.15, -0.1) is 5.10 Å². The molecule has 0 bridgehead atoms. The summed E-state index contributed by atoms with van der Waals surface area (Å²) >= 11 is 6.02. The Kier molecular flexibility index (Phi) is 9.41. The number of nitriles is 1. The molecule has 3 N–H and O–H groups in total. The van der Waals surface area contributed by atoms with Gasteiger partial charge in [0.2, 0.25) is 0 Å². The van der Waals surface area contributed by atoms with Gasteiger partial charge in [-0.25, -0.2) is 9.07 Å². The highest BCUT2D eigenvalue weighted by Crippen LogP contribution is 2.37. The van der Waals surface area contributed by atoms with Crippen molar-refractivity contribution in [2.75, 3.05) is 18.6 Å². The van der Waals surface area contributed by atoms with E-state index in [-0.39, 0.29) is 10.7 Å². The minimum Gasteiger partial charge on any atom is -0.394 e. The zero-order valence-corrected chi connectivity index (χ0v) is 24.4. The lowest BCUT2D eigenvalue weighted by Crippen LogP contribution is -2.63. The summed E-state index contributed by atoms with van der Waals surface area (Å²) in [7, 11) is 1.36. The highest BCUT2D eigenvalue weighted by molar-refractivity contribution is 6.30. The number of anilines is 1. The number of aryl methyl sites for hydroxylation is 1. The average molecular weight is 614 g/mol. The monoisotopic (exact) mass is 613 g/mol. The molecular formula is C30H33ClFN5O6. The van der Waals surface area contributed by atoms with Crippen LogP contribution >= 0.6 is 11.6 Å². The molecule has 2 aliphatic rings. The van der Waals surface area contributed by atoms with Gasteiger partial charge in [0.25, 0.3) is 5.91 Å². The van der Waals surface area contributed by atoms with E-state index in [9.17, 15) is 29.8 Å². The number of aliphatic hydroxyl groups is 3. The van der Waals surface area contributed by atoms with Gasteiger partial charge < -0.3 is 29.7 Å². The first-order valence-corrected chi connectivity index (χ1v) is 14.4. The van der Waals surface area contributed by atoms with E-state index < -0.39 is 60.9 Å². The van der Waals surface area contributed by atoms with E-state index in [1.807, 2.05) is 6.92 Å². The van der Waals surface area contributed by atoms with Crippen molar-refractivity contribution in [3.63, 3.8) is 0 Å². The highest BCUT2D eigenvalue weighted by Gasteiger charge is 2.52. The number of amides is 1. The predicted molar refractivity (Wildman–Crippen MR) is 154 cm³/mol. The van der Waals surface area contributed by atoms with Crippen molar-refractivity contribution >= 4 is 23.2 Å². The van der Waals surface area contributed by atoms with Gasteiger partial charge in [-0.05, 0) is 61.7 Å². The number of aromatic nitrogens is 3. The minimum absolute atomic E-state index is 0.164. The lowest BCUT2D eigenvalue weighted by Gasteiger charge is -2.46. The third-order valence-electron chi connectivity index (χ3n) is 8.09. The molecule has 1 amide bonds. The molecule has 228 valence electrons. The van der Waals surface area contributed by atoms with E-state index in [2.05, 4.69) is 16.4 Å². The zero-order chi connectivity index (χ0) is 30.8. The second-order valence-electron chi connectivity index (χ2n) is 11.0. The van der Waals surface area contributed by atoms with Crippen LogP contribution in [0.4, 0.5) is 10.1 Å². The van der Waals surface area contributed by atoms with Gasteiger partial charge in [0, 0.05) is 23.4 Å². The maximum atomic E-state index is 14.5. The van der Waals surface area contributed by atoms with Crippen LogP contribution in [0, 0.1) is 24.1 Å². The summed E-state index contributed by atoms with van der Waals surface area (Å²) in [4.78, 5) is 16.0. The molecule has 0 unspecified atom stereocenters. The summed E-state index contributed by atoms with van der Waals surface area (Å²) in [6.45, 7) is 1.19. The summed E-state index contributed by atoms with van der Waals surface area (Å²) in [5, 5.41) is 50.5. The van der Waals surface area contributed by atoms with Gasteiger partial charge >= 0.3 is 0 Å². The molecule has 7 atom stereocenters. The minimum atomic E-state index is -1.37. The van der Waals surface area contributed by atoms with Crippen molar-refractivity contribution in [2.24, 2.45) is 0 Å². The Morgan fingerprint density at radius 3 is 2.67 bits per heavy atom. The Labute approximate surface area is 253 Å². The molecule has 11 nitrogen and oxygen atoms in total. The van der Waals surface area contributed by atoms with Crippen LogP contribution in [0.15, 0.2) is 42.6 Å². The fourth-order valence-corrected chi connectivity index (χ4v) is 6.32. The number of halogens is 2. The Bertz CT molecular complexity index is 1490. The molecule has 43 heavy (non-hydrogen) atoms. The number of aliphatic hydroxyl groups excluding tert-OH is 3. The lowest BCUT2D eigenvalue weighted by molar-refractivity contribution is -0.211. The number of hydrogen-bond donors (Lipinski definition) is 3. The van der Waals surface area contributed by atoms with Crippen molar-refractivity contribution in [3.05, 3.63) is 64.6 Å². The number of ether oxygens (including phenoxy) is 2. The summed E-state index contributed by atoms with van der Waals surface area (Å²) in [6.07, 6.45) is -1.80. The molecular weight excluding hydrogens is 581 g/mol. The molecule has 2 heterocycles. The average Bonchev–Trinajstić information content (AvgIpc) is 3.47. The van der Waals surface area contributed by atoms with Crippen molar-refractivity contribution in [2.45, 2.75) is 75.2 Å². The Morgan fingerprint density at radius 2 is 2.00 bits per heavy atom. The molecule has 0 radical (unpaired) electrons. The highest BCUT2D eigenvalue weighted by atomic mass is 35.5. The van der Waals surface area contributed by atoms with Crippen LogP contribution in [-0.2, 0) is 14.3 Å². The van der Waals surface area contributed by atoms with E-state index in [0.717, 1.165) is 24.5 Å². The third-order valence-corrected chi connectivity index (χ3v) is 8.31. The smallest absolute Gasteiger partial charge is 0.259 e. The molecule has 0 spiro atoms. The molecule has 1 saturated carbocycles. The number of nitrogens with zero attached hydrogens (tertiary/aromatic N) is 5. The van der Waals surface area contributed by atoms with Gasteiger partial charge in [0.1, 0.15) is 35.9 Å². The summed E-state index contributed by atoms with van der Waals surface area (Å²) in [5.74, 6) is -1.13. The molecule has 1 saturated heterocycles. The van der Waals surface area contributed by atoms with E-state index in [1.54, 1.807) is 18.2 Å². The molecule has 13 heteroatoms. The maximum absolute atomic E-state index is 14.5. The van der Waals surface area contributed by atoms with Crippen LogP contribution in [-0.4, -0.2) is 86.5 Å². The molecule has 1 aliphatic carbocycles. The van der Waals surface area contributed by atoms with Crippen LogP contribution in [0.25, 0.3) is 11.3 Å². The van der Waals surface area contributed by atoms with Crippen molar-refractivity contribution in [3.8, 4) is 17.3 Å². The van der Waals surface area contributed by atoms with Gasteiger partial charge in [-0.1, -0.05) is 29.7 Å². The topological polar surface area (TPSA) is 154 Å². The maximum Gasteiger partial charge on any atom is 0.259 e. The first kappa shape index (κ1) is 31.0. The van der Waals surface area contributed by atoms with Crippen molar-refractivity contribution in [1.29, 1.82) is 5.26 Å². The largest absolute Gasteiger partial charge is 0.394 e. The summed E-state index contributed by atoms with van der Waals surface area (Å²) in [5.41, 5.74) is 2.12. The number of carbonyl (C=O) groups excluding carboxylic acids is 1. The van der Waals surface area contributed by atoms with E-state index in [1.165, 1.54) is 35.0 Å². The predicted octanol–water partition coefficient (Wildman–Crippen LogP) is 2.93. The second-order valence-corrected chi connectivity index (χ2v) is 11.4. The Balaban J connectivity index is 1.56. The number of methoxy groups -OCH3 is 1. The van der Waals surface area contributed by atoms with Crippen LogP contribution < -0.4 is 4.90 Å². The summed E-state index contributed by atoms with van der Waals surface area (Å²) < 4.78 is 27.1. The molecule has 5 rings (SSSR count). The molecule has 3 aromatic rings. The molecule has 1 aromatic heterocycles. The van der Waals surface area contributed by atoms with Gasteiger partial charge in [0.05, 0.1) is 36.6 Å². The lowest BCUT2D eigenvalue weighted by atomic mass is 9.88. The van der Waals surface area contributed by atoms with E-state index in [4.69, 9.17) is 21.1 Å². The molecule has 2 fully saturated rings. The van der Waals surface area contributed by atoms with Crippen LogP contribution in [0.5, 0.6) is 0 Å². The normalized spacial score (nSPS) is 27.4. The number of benzene rings is 2. The second kappa shape index (κ2) is 13.1. The van der Waals surface area contributed by atoms with Crippen molar-refractivity contribution < 1.29 is 34.0 Å². The zero-order valence-electron chi connectivity index (χ0n) is 23.7. The third kappa shape index (κ3) is 6.28. The standard InChI is InChI=1S/C30H33ClFN5O6/c1-16-7-17(13-33)9-21(8-16)37(23-5-3-4-6-24(23)39)30(41)29-28(42-2)26(27(40)25(15-38)43-29)36-14-22(34-35-36)18-10-19(31)12-20(32)11-18/h7-12,14,23-29,38-40H,3-6,15H2,1-2H3/t23-,24-,25+,26-,27-,28+,29+/m0/s1.